The van der Waals surface area contributed by atoms with Crippen molar-refractivity contribution < 1.29 is 9.90 Å². The SMILES string of the molecule is O=C(O)c1cccc2c1NCC21CCCC1. The fourth-order valence-corrected chi connectivity index (χ4v) is 3.21. The zero-order chi connectivity index (χ0) is 11.2. The molecule has 1 saturated carbocycles. The molecule has 1 aromatic rings. The largest absolute Gasteiger partial charge is 0.478 e. The first-order valence-corrected chi connectivity index (χ1v) is 5.84. The van der Waals surface area contributed by atoms with E-state index in [1.165, 1.54) is 31.2 Å². The zero-order valence-electron chi connectivity index (χ0n) is 9.12. The number of aromatic carboxylic acids is 1. The van der Waals surface area contributed by atoms with Crippen molar-refractivity contribution in [2.24, 2.45) is 0 Å². The average molecular weight is 217 g/mol. The summed E-state index contributed by atoms with van der Waals surface area (Å²) in [6.45, 7) is 0.909. The highest BCUT2D eigenvalue weighted by Crippen LogP contribution is 2.48. The smallest absolute Gasteiger partial charge is 0.337 e. The molecule has 1 fully saturated rings. The third-order valence-corrected chi connectivity index (χ3v) is 4.03. The van der Waals surface area contributed by atoms with Gasteiger partial charge in [-0.15, -0.1) is 0 Å². The van der Waals surface area contributed by atoms with Gasteiger partial charge >= 0.3 is 5.97 Å². The maximum absolute atomic E-state index is 11.1. The molecular formula is C13H15NO2. The number of carbonyl (C=O) groups is 1. The standard InChI is InChI=1S/C13H15NO2/c15-12(16)9-4-3-5-10-11(9)14-8-13(10)6-1-2-7-13/h3-5,14H,1-2,6-8H2,(H,15,16). The fraction of sp³-hybridized carbons (Fsp3) is 0.462. The molecule has 0 aromatic heterocycles. The number of carboxylic acid groups (broad SMARTS) is 1. The van der Waals surface area contributed by atoms with Crippen LogP contribution in [0, 0.1) is 0 Å². The van der Waals surface area contributed by atoms with Crippen molar-refractivity contribution in [3.8, 4) is 0 Å². The lowest BCUT2D eigenvalue weighted by Gasteiger charge is -2.22. The van der Waals surface area contributed by atoms with Crippen molar-refractivity contribution in [1.82, 2.24) is 0 Å². The van der Waals surface area contributed by atoms with E-state index >= 15 is 0 Å². The normalized spacial score (nSPS) is 20.8. The van der Waals surface area contributed by atoms with Gasteiger partial charge in [0.1, 0.15) is 0 Å². The molecule has 1 spiro atoms. The molecule has 0 radical (unpaired) electrons. The van der Waals surface area contributed by atoms with Crippen molar-refractivity contribution >= 4 is 11.7 Å². The Morgan fingerprint density at radius 1 is 1.31 bits per heavy atom. The van der Waals surface area contributed by atoms with E-state index < -0.39 is 5.97 Å². The first kappa shape index (κ1) is 9.70. The van der Waals surface area contributed by atoms with Gasteiger partial charge in [0, 0.05) is 12.0 Å². The van der Waals surface area contributed by atoms with Gasteiger partial charge in [0.05, 0.1) is 11.3 Å². The lowest BCUT2D eigenvalue weighted by Crippen LogP contribution is -2.23. The highest BCUT2D eigenvalue weighted by atomic mass is 16.4. The van der Waals surface area contributed by atoms with Crippen LogP contribution in [0.25, 0.3) is 0 Å². The van der Waals surface area contributed by atoms with Gasteiger partial charge in [0.15, 0.2) is 0 Å². The van der Waals surface area contributed by atoms with Crippen molar-refractivity contribution in [3.05, 3.63) is 29.3 Å². The molecule has 0 amide bonds. The number of anilines is 1. The molecule has 2 N–H and O–H groups in total. The highest BCUT2D eigenvalue weighted by Gasteiger charge is 2.42. The van der Waals surface area contributed by atoms with Crippen molar-refractivity contribution in [3.63, 3.8) is 0 Å². The molecule has 0 saturated heterocycles. The zero-order valence-corrected chi connectivity index (χ0v) is 9.12. The van der Waals surface area contributed by atoms with E-state index in [1.54, 1.807) is 6.07 Å². The molecule has 3 nitrogen and oxygen atoms in total. The lowest BCUT2D eigenvalue weighted by atomic mass is 9.80. The first-order valence-electron chi connectivity index (χ1n) is 5.84. The second-order valence-electron chi connectivity index (χ2n) is 4.87. The number of hydrogen-bond acceptors (Lipinski definition) is 2. The molecule has 84 valence electrons. The summed E-state index contributed by atoms with van der Waals surface area (Å²) in [5, 5.41) is 12.4. The van der Waals surface area contributed by atoms with Crippen LogP contribution in [0.2, 0.25) is 0 Å². The fourth-order valence-electron chi connectivity index (χ4n) is 3.21. The molecule has 1 aromatic carbocycles. The van der Waals surface area contributed by atoms with E-state index in [1.807, 2.05) is 6.07 Å². The quantitative estimate of drug-likeness (QED) is 0.760. The monoisotopic (exact) mass is 217 g/mol. The van der Waals surface area contributed by atoms with Crippen LogP contribution in [0.4, 0.5) is 5.69 Å². The Kier molecular flexibility index (Phi) is 1.96. The molecule has 16 heavy (non-hydrogen) atoms. The van der Waals surface area contributed by atoms with Gasteiger partial charge in [-0.3, -0.25) is 0 Å². The van der Waals surface area contributed by atoms with Gasteiger partial charge in [-0.05, 0) is 24.5 Å². The van der Waals surface area contributed by atoms with Crippen LogP contribution in [-0.4, -0.2) is 17.6 Å². The topological polar surface area (TPSA) is 49.3 Å². The second kappa shape index (κ2) is 3.24. The molecule has 1 aliphatic carbocycles. The van der Waals surface area contributed by atoms with E-state index in [9.17, 15) is 4.79 Å². The lowest BCUT2D eigenvalue weighted by molar-refractivity contribution is 0.0698. The average Bonchev–Trinajstić information content (AvgIpc) is 2.88. The summed E-state index contributed by atoms with van der Waals surface area (Å²) < 4.78 is 0. The maximum Gasteiger partial charge on any atom is 0.337 e. The second-order valence-corrected chi connectivity index (χ2v) is 4.87. The molecule has 3 rings (SSSR count). The summed E-state index contributed by atoms with van der Waals surface area (Å²) in [6.07, 6.45) is 4.91. The summed E-state index contributed by atoms with van der Waals surface area (Å²) >= 11 is 0. The Labute approximate surface area is 94.5 Å². The number of fused-ring (bicyclic) bond motifs is 2. The van der Waals surface area contributed by atoms with Crippen LogP contribution in [0.1, 0.15) is 41.6 Å². The van der Waals surface area contributed by atoms with E-state index in [2.05, 4.69) is 11.4 Å². The van der Waals surface area contributed by atoms with Gasteiger partial charge in [-0.25, -0.2) is 4.79 Å². The molecule has 0 unspecified atom stereocenters. The first-order chi connectivity index (χ1) is 7.73. The van der Waals surface area contributed by atoms with Crippen LogP contribution in [0.5, 0.6) is 0 Å². The molecule has 1 heterocycles. The number of rotatable bonds is 1. The molecule has 0 atom stereocenters. The number of benzene rings is 1. The minimum absolute atomic E-state index is 0.223. The predicted molar refractivity (Wildman–Crippen MR) is 62.0 cm³/mol. The Hall–Kier alpha value is -1.51. The van der Waals surface area contributed by atoms with Gasteiger partial charge in [0.2, 0.25) is 0 Å². The van der Waals surface area contributed by atoms with Crippen LogP contribution in [0.15, 0.2) is 18.2 Å². The number of para-hydroxylation sites is 1. The summed E-state index contributed by atoms with van der Waals surface area (Å²) in [7, 11) is 0. The third kappa shape index (κ3) is 1.17. The molecule has 0 bridgehead atoms. The van der Waals surface area contributed by atoms with Gasteiger partial charge < -0.3 is 10.4 Å². The summed E-state index contributed by atoms with van der Waals surface area (Å²) in [6, 6.07) is 5.64. The number of nitrogens with one attached hydrogen (secondary N) is 1. The van der Waals surface area contributed by atoms with Gasteiger partial charge in [0.25, 0.3) is 0 Å². The molecule has 1 aliphatic heterocycles. The van der Waals surface area contributed by atoms with Crippen molar-refractivity contribution in [2.45, 2.75) is 31.1 Å². The number of hydrogen-bond donors (Lipinski definition) is 2. The van der Waals surface area contributed by atoms with Crippen LogP contribution in [0.3, 0.4) is 0 Å². The number of carboxylic acids is 1. The van der Waals surface area contributed by atoms with Crippen LogP contribution < -0.4 is 5.32 Å². The summed E-state index contributed by atoms with van der Waals surface area (Å²) in [4.78, 5) is 11.1. The molecular weight excluding hydrogens is 202 g/mol. The Morgan fingerprint density at radius 2 is 2.06 bits per heavy atom. The minimum atomic E-state index is -0.834. The molecule has 3 heteroatoms. The predicted octanol–water partition coefficient (Wildman–Crippen LogP) is 2.62. The maximum atomic E-state index is 11.1. The third-order valence-electron chi connectivity index (χ3n) is 4.03. The summed E-state index contributed by atoms with van der Waals surface area (Å²) in [5.41, 5.74) is 2.73. The van der Waals surface area contributed by atoms with E-state index in [0.29, 0.717) is 5.56 Å². The Bertz CT molecular complexity index is 447. The van der Waals surface area contributed by atoms with E-state index in [-0.39, 0.29) is 5.41 Å². The highest BCUT2D eigenvalue weighted by molar-refractivity contribution is 5.96. The van der Waals surface area contributed by atoms with E-state index in [4.69, 9.17) is 5.11 Å². The Morgan fingerprint density at radius 3 is 2.75 bits per heavy atom. The van der Waals surface area contributed by atoms with Gasteiger partial charge in [-0.2, -0.15) is 0 Å². The van der Waals surface area contributed by atoms with Crippen molar-refractivity contribution in [2.75, 3.05) is 11.9 Å². The van der Waals surface area contributed by atoms with Crippen LogP contribution >= 0.6 is 0 Å². The minimum Gasteiger partial charge on any atom is -0.478 e. The molecule has 2 aliphatic rings. The Balaban J connectivity index is 2.13. The van der Waals surface area contributed by atoms with Crippen LogP contribution in [-0.2, 0) is 5.41 Å². The van der Waals surface area contributed by atoms with Crippen molar-refractivity contribution in [1.29, 1.82) is 0 Å². The summed E-state index contributed by atoms with van der Waals surface area (Å²) in [5.74, 6) is -0.834. The van der Waals surface area contributed by atoms with E-state index in [0.717, 1.165) is 12.2 Å². The van der Waals surface area contributed by atoms with Gasteiger partial charge in [-0.1, -0.05) is 25.0 Å².